The lowest BCUT2D eigenvalue weighted by molar-refractivity contribution is 0.597. The molecule has 1 nitrogen and oxygen atoms in total. The highest BCUT2D eigenvalue weighted by Gasteiger charge is 2.37. The van der Waals surface area contributed by atoms with Gasteiger partial charge in [-0.1, -0.05) is 117 Å². The van der Waals surface area contributed by atoms with E-state index in [2.05, 4.69) is 140 Å². The monoisotopic (exact) mass is 475 g/mol. The Kier molecular flexibility index (Phi) is 4.78. The van der Waals surface area contributed by atoms with Gasteiger partial charge in [-0.05, 0) is 57.1 Å². The predicted molar refractivity (Wildman–Crippen MR) is 157 cm³/mol. The number of aromatic nitrogens is 1. The van der Waals surface area contributed by atoms with Gasteiger partial charge in [0.25, 0.3) is 0 Å². The summed E-state index contributed by atoms with van der Waals surface area (Å²) in [5.74, 6) is 0.238. The highest BCUT2D eigenvalue weighted by atomic mass is 14.9. The van der Waals surface area contributed by atoms with Crippen LogP contribution >= 0.6 is 0 Å². The molecule has 0 saturated carbocycles. The van der Waals surface area contributed by atoms with Crippen LogP contribution in [0.2, 0.25) is 0 Å². The Morgan fingerprint density at radius 3 is 1.86 bits per heavy atom. The van der Waals surface area contributed by atoms with Crippen LogP contribution in [0.4, 0.5) is 0 Å². The highest BCUT2D eigenvalue weighted by Crippen LogP contribution is 2.49. The zero-order chi connectivity index (χ0) is 25.1. The maximum absolute atomic E-state index is 4.04. The molecule has 1 aromatic heterocycles. The molecule has 0 spiro atoms. The Bertz CT molecular complexity index is 1760. The molecule has 178 valence electrons. The molecular weight excluding hydrogens is 446 g/mol. The topological polar surface area (TPSA) is 4.93 Å². The summed E-state index contributed by atoms with van der Waals surface area (Å²) in [5.41, 5.74) is 11.9. The molecule has 7 rings (SSSR count). The van der Waals surface area contributed by atoms with Gasteiger partial charge in [0.05, 0.1) is 11.0 Å². The predicted octanol–water partition coefficient (Wildman–Crippen LogP) is 9.38. The summed E-state index contributed by atoms with van der Waals surface area (Å²) < 4.78 is 2.18. The average molecular weight is 476 g/mol. The molecule has 0 amide bonds. The molecule has 0 saturated heterocycles. The van der Waals surface area contributed by atoms with E-state index in [1.807, 2.05) is 6.20 Å². The minimum atomic E-state index is -0.0103. The highest BCUT2D eigenvalue weighted by molar-refractivity contribution is 6.10. The first-order chi connectivity index (χ1) is 18.1. The fraction of sp³-hybridized carbons (Fsp3) is 0.111. The van der Waals surface area contributed by atoms with Crippen LogP contribution in [0, 0.1) is 0 Å². The Hall–Kier alpha value is -4.36. The third-order valence-corrected chi connectivity index (χ3v) is 8.36. The second-order valence-corrected chi connectivity index (χ2v) is 10.7. The van der Waals surface area contributed by atoms with Gasteiger partial charge in [-0.15, -0.1) is 0 Å². The molecule has 0 bridgehead atoms. The van der Waals surface area contributed by atoms with Gasteiger partial charge in [-0.3, -0.25) is 0 Å². The van der Waals surface area contributed by atoms with E-state index in [1.54, 1.807) is 0 Å². The largest absolute Gasteiger partial charge is 0.317 e. The van der Waals surface area contributed by atoms with Crippen LogP contribution in [0.3, 0.4) is 0 Å². The van der Waals surface area contributed by atoms with Crippen LogP contribution in [-0.4, -0.2) is 4.57 Å². The van der Waals surface area contributed by atoms with E-state index in [0.29, 0.717) is 0 Å². The molecule has 1 heteroatoms. The van der Waals surface area contributed by atoms with Crippen molar-refractivity contribution < 1.29 is 0 Å². The molecule has 1 aliphatic rings. The lowest BCUT2D eigenvalue weighted by atomic mass is 9.64. The summed E-state index contributed by atoms with van der Waals surface area (Å²) >= 11 is 0. The van der Waals surface area contributed by atoms with E-state index >= 15 is 0 Å². The van der Waals surface area contributed by atoms with Gasteiger partial charge in [0.1, 0.15) is 0 Å². The molecule has 37 heavy (non-hydrogen) atoms. The maximum atomic E-state index is 4.04. The third kappa shape index (κ3) is 3.17. The summed E-state index contributed by atoms with van der Waals surface area (Å²) in [6.45, 7) is 8.74. The number of benzene rings is 5. The zero-order valence-corrected chi connectivity index (χ0v) is 21.3. The van der Waals surface area contributed by atoms with Crippen molar-refractivity contribution in [1.29, 1.82) is 0 Å². The SMILES string of the molecule is C=Cn1c2ccccc2c2cc(-c3ccc(C4c5ccccc5C(C)(C)c5ccccc54)cc3)ccc21. The second kappa shape index (κ2) is 8.08. The molecule has 1 aliphatic carbocycles. The molecule has 5 aromatic carbocycles. The molecule has 0 N–H and O–H groups in total. The number of hydrogen-bond donors (Lipinski definition) is 0. The summed E-state index contributed by atoms with van der Waals surface area (Å²) in [6, 6.07) is 42.5. The van der Waals surface area contributed by atoms with E-state index in [1.165, 1.54) is 60.8 Å². The fourth-order valence-corrected chi connectivity index (χ4v) is 6.55. The van der Waals surface area contributed by atoms with E-state index < -0.39 is 0 Å². The van der Waals surface area contributed by atoms with Crippen molar-refractivity contribution in [3.63, 3.8) is 0 Å². The van der Waals surface area contributed by atoms with Gasteiger partial charge in [-0.25, -0.2) is 0 Å². The number of rotatable bonds is 3. The van der Waals surface area contributed by atoms with Gasteiger partial charge in [-0.2, -0.15) is 0 Å². The van der Waals surface area contributed by atoms with Crippen molar-refractivity contribution in [2.24, 2.45) is 0 Å². The van der Waals surface area contributed by atoms with Crippen molar-refractivity contribution >= 4 is 28.0 Å². The van der Waals surface area contributed by atoms with Crippen LogP contribution in [-0.2, 0) is 5.41 Å². The zero-order valence-electron chi connectivity index (χ0n) is 21.3. The normalized spacial score (nSPS) is 14.4. The van der Waals surface area contributed by atoms with Crippen LogP contribution in [0.1, 0.15) is 47.6 Å². The first kappa shape index (κ1) is 21.9. The smallest absolute Gasteiger partial charge is 0.0535 e. The number of nitrogens with zero attached hydrogens (tertiary/aromatic N) is 1. The third-order valence-electron chi connectivity index (χ3n) is 8.36. The molecule has 0 aliphatic heterocycles. The average Bonchev–Trinajstić information content (AvgIpc) is 3.27. The summed E-state index contributed by atoms with van der Waals surface area (Å²) in [4.78, 5) is 0. The lowest BCUT2D eigenvalue weighted by Gasteiger charge is -2.39. The van der Waals surface area contributed by atoms with Crippen LogP contribution in [0.5, 0.6) is 0 Å². The van der Waals surface area contributed by atoms with Crippen molar-refractivity contribution in [3.8, 4) is 11.1 Å². The first-order valence-electron chi connectivity index (χ1n) is 13.0. The van der Waals surface area contributed by atoms with Crippen LogP contribution in [0.25, 0.3) is 39.1 Å². The second-order valence-electron chi connectivity index (χ2n) is 10.7. The van der Waals surface area contributed by atoms with E-state index in [4.69, 9.17) is 0 Å². The standard InChI is InChI=1S/C36H29N/c1-4-37-33-16-10-7-11-27(33)30-23-26(21-22-34(30)37)24-17-19-25(20-18-24)35-28-12-5-8-14-31(28)36(2,3)32-15-9-6-13-29(32)35/h4-23,35H,1H2,2-3H3. The molecule has 0 radical (unpaired) electrons. The number of para-hydroxylation sites is 1. The van der Waals surface area contributed by atoms with Gasteiger partial charge in [0.2, 0.25) is 0 Å². The van der Waals surface area contributed by atoms with Gasteiger partial charge in [0, 0.05) is 28.3 Å². The van der Waals surface area contributed by atoms with E-state index in [0.717, 1.165) is 0 Å². The maximum Gasteiger partial charge on any atom is 0.0535 e. The van der Waals surface area contributed by atoms with Crippen LogP contribution < -0.4 is 0 Å². The summed E-state index contributed by atoms with van der Waals surface area (Å²) in [7, 11) is 0. The van der Waals surface area contributed by atoms with Crippen molar-refractivity contribution in [2.45, 2.75) is 25.2 Å². The Balaban J connectivity index is 1.34. The molecular formula is C36H29N. The quantitative estimate of drug-likeness (QED) is 0.240. The number of hydrogen-bond acceptors (Lipinski definition) is 0. The molecule has 0 fully saturated rings. The first-order valence-corrected chi connectivity index (χ1v) is 13.0. The molecule has 0 atom stereocenters. The van der Waals surface area contributed by atoms with E-state index in [-0.39, 0.29) is 11.3 Å². The Morgan fingerprint density at radius 1 is 0.622 bits per heavy atom. The molecule has 6 aromatic rings. The van der Waals surface area contributed by atoms with Crippen molar-refractivity contribution in [2.75, 3.05) is 0 Å². The summed E-state index contributed by atoms with van der Waals surface area (Å²) in [5, 5.41) is 2.52. The Labute approximate surface area is 218 Å². The van der Waals surface area contributed by atoms with Gasteiger partial charge >= 0.3 is 0 Å². The van der Waals surface area contributed by atoms with Gasteiger partial charge < -0.3 is 4.57 Å². The minimum Gasteiger partial charge on any atom is -0.317 e. The fourth-order valence-electron chi connectivity index (χ4n) is 6.55. The lowest BCUT2D eigenvalue weighted by Crippen LogP contribution is -2.29. The van der Waals surface area contributed by atoms with Crippen molar-refractivity contribution in [3.05, 3.63) is 150 Å². The van der Waals surface area contributed by atoms with E-state index in [9.17, 15) is 0 Å². The summed E-state index contributed by atoms with van der Waals surface area (Å²) in [6.07, 6.45) is 1.90. The molecule has 0 unspecified atom stereocenters. The Morgan fingerprint density at radius 2 is 1.19 bits per heavy atom. The molecule has 1 heterocycles. The van der Waals surface area contributed by atoms with Crippen molar-refractivity contribution in [1.82, 2.24) is 4.57 Å². The number of fused-ring (bicyclic) bond motifs is 5. The van der Waals surface area contributed by atoms with Crippen LogP contribution in [0.15, 0.2) is 122 Å². The minimum absolute atomic E-state index is 0.0103. The van der Waals surface area contributed by atoms with Gasteiger partial charge in [0.15, 0.2) is 0 Å².